The zero-order valence-electron chi connectivity index (χ0n) is 11.9. The second-order valence-corrected chi connectivity index (χ2v) is 5.80. The van der Waals surface area contributed by atoms with Crippen molar-refractivity contribution in [1.29, 1.82) is 0 Å². The molecule has 1 aliphatic carbocycles. The van der Waals surface area contributed by atoms with E-state index in [0.29, 0.717) is 6.04 Å². The van der Waals surface area contributed by atoms with Crippen molar-refractivity contribution in [3.05, 3.63) is 28.8 Å². The molecule has 2 nitrogen and oxygen atoms in total. The van der Waals surface area contributed by atoms with Crippen LogP contribution in [0.15, 0.2) is 18.2 Å². The minimum atomic E-state index is 0.264. The highest BCUT2D eigenvalue weighted by atomic mass is 35.5. The molecule has 2 rings (SSSR count). The first-order valence-electron chi connectivity index (χ1n) is 7.37. The predicted molar refractivity (Wildman–Crippen MR) is 81.2 cm³/mol. The van der Waals surface area contributed by atoms with Gasteiger partial charge in [-0.15, -0.1) is 0 Å². The standard InChI is InChI=1S/C16H24ClNO/c1-3-18-14-7-5-4-6-8-15(14)19-16-11-13(17)10-9-12(16)2/h9-11,14-15,18H,3-8H2,1-2H3. The van der Waals surface area contributed by atoms with Crippen molar-refractivity contribution in [2.45, 2.75) is 58.1 Å². The summed E-state index contributed by atoms with van der Waals surface area (Å²) in [5.74, 6) is 0.933. The normalized spacial score (nSPS) is 23.9. The van der Waals surface area contributed by atoms with Crippen LogP contribution in [0.5, 0.6) is 5.75 Å². The van der Waals surface area contributed by atoms with Gasteiger partial charge in [-0.05, 0) is 50.4 Å². The van der Waals surface area contributed by atoms with Crippen LogP contribution >= 0.6 is 11.6 Å². The number of nitrogens with one attached hydrogen (secondary N) is 1. The topological polar surface area (TPSA) is 21.3 Å². The Balaban J connectivity index is 2.11. The summed E-state index contributed by atoms with van der Waals surface area (Å²) < 4.78 is 6.27. The van der Waals surface area contributed by atoms with Crippen molar-refractivity contribution in [3.8, 4) is 5.75 Å². The fraction of sp³-hybridized carbons (Fsp3) is 0.625. The van der Waals surface area contributed by atoms with Gasteiger partial charge in [-0.2, -0.15) is 0 Å². The second-order valence-electron chi connectivity index (χ2n) is 5.37. The molecule has 0 radical (unpaired) electrons. The Morgan fingerprint density at radius 3 is 2.84 bits per heavy atom. The molecule has 0 spiro atoms. The van der Waals surface area contributed by atoms with E-state index in [4.69, 9.17) is 16.3 Å². The maximum Gasteiger partial charge on any atom is 0.124 e. The number of rotatable bonds is 4. The number of aryl methyl sites for hydroxylation is 1. The molecular formula is C16H24ClNO. The quantitative estimate of drug-likeness (QED) is 0.829. The van der Waals surface area contributed by atoms with Crippen LogP contribution in [-0.4, -0.2) is 18.7 Å². The summed E-state index contributed by atoms with van der Waals surface area (Å²) in [6, 6.07) is 6.34. The van der Waals surface area contributed by atoms with Gasteiger partial charge >= 0.3 is 0 Å². The zero-order chi connectivity index (χ0) is 13.7. The lowest BCUT2D eigenvalue weighted by atomic mass is 10.1. The molecule has 106 valence electrons. The molecule has 0 aromatic heterocycles. The van der Waals surface area contributed by atoms with Gasteiger partial charge in [0.2, 0.25) is 0 Å². The third-order valence-electron chi connectivity index (χ3n) is 3.85. The van der Waals surface area contributed by atoms with Crippen molar-refractivity contribution in [1.82, 2.24) is 5.32 Å². The number of hydrogen-bond acceptors (Lipinski definition) is 2. The molecular weight excluding hydrogens is 258 g/mol. The van der Waals surface area contributed by atoms with Crippen molar-refractivity contribution in [2.24, 2.45) is 0 Å². The van der Waals surface area contributed by atoms with Crippen LogP contribution < -0.4 is 10.1 Å². The largest absolute Gasteiger partial charge is 0.488 e. The molecule has 0 bridgehead atoms. The highest BCUT2D eigenvalue weighted by molar-refractivity contribution is 6.30. The maximum atomic E-state index is 6.27. The Morgan fingerprint density at radius 2 is 2.05 bits per heavy atom. The summed E-state index contributed by atoms with van der Waals surface area (Å²) in [5.41, 5.74) is 1.16. The first kappa shape index (κ1) is 14.7. The van der Waals surface area contributed by atoms with E-state index in [2.05, 4.69) is 19.2 Å². The van der Waals surface area contributed by atoms with Crippen molar-refractivity contribution in [2.75, 3.05) is 6.54 Å². The lowest BCUT2D eigenvalue weighted by Gasteiger charge is -2.27. The van der Waals surface area contributed by atoms with E-state index < -0.39 is 0 Å². The van der Waals surface area contributed by atoms with Gasteiger partial charge in [0, 0.05) is 11.1 Å². The molecule has 1 aliphatic rings. The van der Waals surface area contributed by atoms with E-state index in [9.17, 15) is 0 Å². The number of benzene rings is 1. The third-order valence-corrected chi connectivity index (χ3v) is 4.08. The molecule has 2 unspecified atom stereocenters. The van der Waals surface area contributed by atoms with E-state index in [1.54, 1.807) is 0 Å². The molecule has 1 N–H and O–H groups in total. The van der Waals surface area contributed by atoms with Crippen LogP contribution in [0.4, 0.5) is 0 Å². The SMILES string of the molecule is CCNC1CCCCCC1Oc1cc(Cl)ccc1C. The predicted octanol–water partition coefficient (Wildman–Crippen LogP) is 4.34. The average molecular weight is 282 g/mol. The fourth-order valence-corrected chi connectivity index (χ4v) is 2.94. The van der Waals surface area contributed by atoms with Crippen molar-refractivity contribution < 1.29 is 4.74 Å². The van der Waals surface area contributed by atoms with Crippen LogP contribution in [0.25, 0.3) is 0 Å². The Kier molecular flexibility index (Phi) is 5.53. The molecule has 19 heavy (non-hydrogen) atoms. The fourth-order valence-electron chi connectivity index (χ4n) is 2.77. The van der Waals surface area contributed by atoms with Crippen LogP contribution in [0, 0.1) is 6.92 Å². The summed E-state index contributed by atoms with van der Waals surface area (Å²) in [6.45, 7) is 5.23. The highest BCUT2D eigenvalue weighted by Gasteiger charge is 2.25. The van der Waals surface area contributed by atoms with Gasteiger partial charge in [0.05, 0.1) is 0 Å². The summed E-state index contributed by atoms with van der Waals surface area (Å²) in [5, 5.41) is 4.32. The number of halogens is 1. The lowest BCUT2D eigenvalue weighted by Crippen LogP contribution is -2.42. The smallest absolute Gasteiger partial charge is 0.124 e. The Hall–Kier alpha value is -0.730. The van der Waals surface area contributed by atoms with Crippen LogP contribution in [0.1, 0.15) is 44.6 Å². The molecule has 0 amide bonds. The molecule has 0 saturated heterocycles. The van der Waals surface area contributed by atoms with Crippen LogP contribution in [0.2, 0.25) is 5.02 Å². The summed E-state index contributed by atoms with van der Waals surface area (Å²) in [7, 11) is 0. The minimum Gasteiger partial charge on any atom is -0.488 e. The van der Waals surface area contributed by atoms with Crippen molar-refractivity contribution in [3.63, 3.8) is 0 Å². The van der Waals surface area contributed by atoms with Gasteiger partial charge in [0.1, 0.15) is 11.9 Å². The number of hydrogen-bond donors (Lipinski definition) is 1. The summed E-state index contributed by atoms with van der Waals surface area (Å²) in [6.07, 6.45) is 6.47. The van der Waals surface area contributed by atoms with Gasteiger partial charge < -0.3 is 10.1 Å². The number of likely N-dealkylation sites (N-methyl/N-ethyl adjacent to an activating group) is 1. The first-order chi connectivity index (χ1) is 9.20. The molecule has 0 heterocycles. The van der Waals surface area contributed by atoms with E-state index >= 15 is 0 Å². The van der Waals surface area contributed by atoms with Crippen LogP contribution in [-0.2, 0) is 0 Å². The molecule has 1 fully saturated rings. The molecule has 3 heteroatoms. The molecule has 2 atom stereocenters. The molecule has 0 aliphatic heterocycles. The molecule has 1 aromatic rings. The van der Waals surface area contributed by atoms with Gasteiger partial charge in [0.25, 0.3) is 0 Å². The lowest BCUT2D eigenvalue weighted by molar-refractivity contribution is 0.144. The van der Waals surface area contributed by atoms with E-state index in [-0.39, 0.29) is 6.10 Å². The monoisotopic (exact) mass is 281 g/mol. The molecule has 1 saturated carbocycles. The Bertz CT molecular complexity index is 408. The van der Waals surface area contributed by atoms with Gasteiger partial charge in [-0.3, -0.25) is 0 Å². The summed E-state index contributed by atoms with van der Waals surface area (Å²) in [4.78, 5) is 0. The van der Waals surface area contributed by atoms with Gasteiger partial charge in [0.15, 0.2) is 0 Å². The molecule has 1 aromatic carbocycles. The van der Waals surface area contributed by atoms with E-state index in [1.165, 1.54) is 25.7 Å². The van der Waals surface area contributed by atoms with E-state index in [0.717, 1.165) is 29.3 Å². The summed E-state index contributed by atoms with van der Waals surface area (Å²) >= 11 is 6.07. The first-order valence-corrected chi connectivity index (χ1v) is 7.74. The Morgan fingerprint density at radius 1 is 1.26 bits per heavy atom. The minimum absolute atomic E-state index is 0.264. The van der Waals surface area contributed by atoms with Crippen LogP contribution in [0.3, 0.4) is 0 Å². The zero-order valence-corrected chi connectivity index (χ0v) is 12.7. The van der Waals surface area contributed by atoms with Gasteiger partial charge in [-0.25, -0.2) is 0 Å². The Labute approximate surface area is 121 Å². The number of ether oxygens (including phenoxy) is 1. The van der Waals surface area contributed by atoms with Gasteiger partial charge in [-0.1, -0.05) is 37.4 Å². The maximum absolute atomic E-state index is 6.27. The average Bonchev–Trinajstić information content (AvgIpc) is 2.60. The van der Waals surface area contributed by atoms with E-state index in [1.807, 2.05) is 18.2 Å². The third kappa shape index (κ3) is 4.12. The van der Waals surface area contributed by atoms with Crippen molar-refractivity contribution >= 4 is 11.6 Å². The highest BCUT2D eigenvalue weighted by Crippen LogP contribution is 2.27. The second kappa shape index (κ2) is 7.16.